The largest absolute Gasteiger partial charge is 0.298 e. The first kappa shape index (κ1) is 9.42. The van der Waals surface area contributed by atoms with Crippen LogP contribution in [0, 0.1) is 11.8 Å². The number of nitrogens with zero attached hydrogens (tertiary/aromatic N) is 1. The fourth-order valence-corrected chi connectivity index (χ4v) is 1.42. The van der Waals surface area contributed by atoms with E-state index in [4.69, 9.17) is 0 Å². The number of benzene rings is 1. The van der Waals surface area contributed by atoms with E-state index in [0.717, 1.165) is 22.9 Å². The van der Waals surface area contributed by atoms with Gasteiger partial charge in [-0.3, -0.25) is 4.79 Å². The van der Waals surface area contributed by atoms with Gasteiger partial charge in [-0.05, 0) is 43.2 Å². The smallest absolute Gasteiger partial charge is 0.150 e. The zero-order valence-corrected chi connectivity index (χ0v) is 8.32. The normalized spacial score (nSPS) is 9.40. The van der Waals surface area contributed by atoms with Gasteiger partial charge in [0.2, 0.25) is 0 Å². The minimum absolute atomic E-state index is 0.665. The van der Waals surface area contributed by atoms with Crippen molar-refractivity contribution >= 4 is 17.2 Å². The molecule has 0 saturated carbocycles. The molecule has 0 amide bonds. The molecule has 1 aromatic heterocycles. The lowest BCUT2D eigenvalue weighted by molar-refractivity contribution is 0.112. The highest BCUT2D eigenvalue weighted by Gasteiger charge is 1.97. The summed E-state index contributed by atoms with van der Waals surface area (Å²) >= 11 is 0. The van der Waals surface area contributed by atoms with Gasteiger partial charge in [0.1, 0.15) is 12.0 Å². The number of hydrogen-bond donors (Lipinski definition) is 0. The highest BCUT2D eigenvalue weighted by Crippen LogP contribution is 2.13. The number of aldehydes is 1. The molecule has 0 bridgehead atoms. The highest BCUT2D eigenvalue weighted by molar-refractivity contribution is 5.86. The van der Waals surface area contributed by atoms with Crippen molar-refractivity contribution in [3.05, 3.63) is 41.6 Å². The van der Waals surface area contributed by atoms with Gasteiger partial charge in [-0.2, -0.15) is 0 Å². The van der Waals surface area contributed by atoms with Crippen molar-refractivity contribution in [2.45, 2.75) is 6.92 Å². The number of fused-ring (bicyclic) bond motifs is 1. The summed E-state index contributed by atoms with van der Waals surface area (Å²) in [5.41, 5.74) is 2.28. The zero-order valence-electron chi connectivity index (χ0n) is 8.32. The molecule has 0 aliphatic heterocycles. The van der Waals surface area contributed by atoms with E-state index in [1.165, 1.54) is 0 Å². The van der Waals surface area contributed by atoms with Crippen molar-refractivity contribution in [3.8, 4) is 11.8 Å². The summed E-state index contributed by atoms with van der Waals surface area (Å²) in [7, 11) is 0. The van der Waals surface area contributed by atoms with Crippen molar-refractivity contribution in [2.75, 3.05) is 0 Å². The first-order chi connectivity index (χ1) is 7.33. The third kappa shape index (κ3) is 1.87. The maximum Gasteiger partial charge on any atom is 0.150 e. The van der Waals surface area contributed by atoms with Crippen LogP contribution in [-0.4, -0.2) is 11.3 Å². The van der Waals surface area contributed by atoms with Crippen LogP contribution in [0.4, 0.5) is 0 Å². The summed E-state index contributed by atoms with van der Waals surface area (Å²) in [6, 6.07) is 9.19. The average molecular weight is 195 g/mol. The molecule has 2 aromatic rings. The van der Waals surface area contributed by atoms with Gasteiger partial charge < -0.3 is 0 Å². The monoisotopic (exact) mass is 195 g/mol. The predicted octanol–water partition coefficient (Wildman–Crippen LogP) is 2.42. The summed E-state index contributed by atoms with van der Waals surface area (Å²) < 4.78 is 0. The number of aromatic nitrogens is 1. The molecule has 2 heteroatoms. The van der Waals surface area contributed by atoms with Gasteiger partial charge >= 0.3 is 0 Å². The molecule has 0 unspecified atom stereocenters. The van der Waals surface area contributed by atoms with Gasteiger partial charge in [-0.15, -0.1) is 0 Å². The van der Waals surface area contributed by atoms with Crippen molar-refractivity contribution in [2.24, 2.45) is 0 Å². The van der Waals surface area contributed by atoms with Gasteiger partial charge in [0.25, 0.3) is 0 Å². The predicted molar refractivity (Wildman–Crippen MR) is 59.7 cm³/mol. The minimum atomic E-state index is 0.665. The third-order valence-electron chi connectivity index (χ3n) is 2.10. The van der Waals surface area contributed by atoms with Gasteiger partial charge in [0, 0.05) is 10.9 Å². The molecular formula is C13H9NO. The Hall–Kier alpha value is -2.14. The molecule has 2 rings (SSSR count). The standard InChI is InChI=1S/C13H9NO/c1-2-3-12-6-5-11-8-10(9-15)4-7-13(11)14-12/h4-9H,1H3. The topological polar surface area (TPSA) is 30.0 Å². The Morgan fingerprint density at radius 3 is 2.87 bits per heavy atom. The van der Waals surface area contributed by atoms with E-state index in [2.05, 4.69) is 16.8 Å². The molecule has 0 fully saturated rings. The molecule has 0 spiro atoms. The van der Waals surface area contributed by atoms with E-state index in [1.807, 2.05) is 24.3 Å². The van der Waals surface area contributed by atoms with Crippen LogP contribution in [-0.2, 0) is 0 Å². The molecule has 1 heterocycles. The lowest BCUT2D eigenvalue weighted by Crippen LogP contribution is -1.86. The summed E-state index contributed by atoms with van der Waals surface area (Å²) in [6.45, 7) is 1.78. The Bertz CT molecular complexity index is 576. The number of carbonyl (C=O) groups is 1. The van der Waals surface area contributed by atoms with Crippen molar-refractivity contribution in [1.29, 1.82) is 0 Å². The number of carbonyl (C=O) groups excluding carboxylic acids is 1. The molecule has 0 saturated heterocycles. The van der Waals surface area contributed by atoms with Crippen LogP contribution in [0.5, 0.6) is 0 Å². The van der Waals surface area contributed by atoms with Crippen LogP contribution in [0.2, 0.25) is 0 Å². The van der Waals surface area contributed by atoms with Crippen LogP contribution in [0.3, 0.4) is 0 Å². The Labute approximate surface area is 88.0 Å². The summed E-state index contributed by atoms with van der Waals surface area (Å²) in [6.07, 6.45) is 0.833. The van der Waals surface area contributed by atoms with Crippen molar-refractivity contribution in [3.63, 3.8) is 0 Å². The quantitative estimate of drug-likeness (QED) is 0.516. The zero-order chi connectivity index (χ0) is 10.7. The third-order valence-corrected chi connectivity index (χ3v) is 2.10. The minimum Gasteiger partial charge on any atom is -0.298 e. The van der Waals surface area contributed by atoms with E-state index >= 15 is 0 Å². The maximum absolute atomic E-state index is 10.6. The number of hydrogen-bond acceptors (Lipinski definition) is 2. The molecule has 0 aliphatic rings. The Kier molecular flexibility index (Phi) is 2.47. The van der Waals surface area contributed by atoms with Crippen LogP contribution < -0.4 is 0 Å². The van der Waals surface area contributed by atoms with Gasteiger partial charge in [0.05, 0.1) is 5.52 Å². The molecular weight excluding hydrogens is 186 g/mol. The second kappa shape index (κ2) is 3.93. The Morgan fingerprint density at radius 2 is 2.13 bits per heavy atom. The van der Waals surface area contributed by atoms with Crippen LogP contribution in [0.1, 0.15) is 23.0 Å². The number of pyridine rings is 1. The first-order valence-electron chi connectivity index (χ1n) is 4.62. The molecule has 0 N–H and O–H groups in total. The summed E-state index contributed by atoms with van der Waals surface area (Å²) in [5, 5.41) is 0.959. The summed E-state index contributed by atoms with van der Waals surface area (Å²) in [4.78, 5) is 14.9. The molecule has 0 atom stereocenters. The van der Waals surface area contributed by atoms with Crippen LogP contribution in [0.25, 0.3) is 10.9 Å². The lowest BCUT2D eigenvalue weighted by atomic mass is 10.1. The Balaban J connectivity index is 2.62. The van der Waals surface area contributed by atoms with E-state index in [-0.39, 0.29) is 0 Å². The first-order valence-corrected chi connectivity index (χ1v) is 4.62. The van der Waals surface area contributed by atoms with Crippen molar-refractivity contribution < 1.29 is 4.79 Å². The van der Waals surface area contributed by atoms with E-state index in [0.29, 0.717) is 5.56 Å². The highest BCUT2D eigenvalue weighted by atomic mass is 16.1. The second-order valence-electron chi connectivity index (χ2n) is 3.14. The molecule has 15 heavy (non-hydrogen) atoms. The van der Waals surface area contributed by atoms with E-state index in [1.54, 1.807) is 13.0 Å². The van der Waals surface area contributed by atoms with Crippen LogP contribution in [0.15, 0.2) is 30.3 Å². The number of rotatable bonds is 1. The molecule has 1 aromatic carbocycles. The fraction of sp³-hybridized carbons (Fsp3) is 0.0769. The molecule has 0 aliphatic carbocycles. The Morgan fingerprint density at radius 1 is 1.27 bits per heavy atom. The van der Waals surface area contributed by atoms with Gasteiger partial charge in [-0.1, -0.05) is 5.92 Å². The van der Waals surface area contributed by atoms with Gasteiger partial charge in [0.15, 0.2) is 0 Å². The lowest BCUT2D eigenvalue weighted by Gasteiger charge is -1.98. The molecule has 72 valence electrons. The second-order valence-corrected chi connectivity index (χ2v) is 3.14. The molecule has 2 nitrogen and oxygen atoms in total. The molecule has 0 radical (unpaired) electrons. The van der Waals surface area contributed by atoms with Gasteiger partial charge in [-0.25, -0.2) is 4.98 Å². The van der Waals surface area contributed by atoms with Crippen molar-refractivity contribution in [1.82, 2.24) is 4.98 Å². The average Bonchev–Trinajstić information content (AvgIpc) is 2.29. The summed E-state index contributed by atoms with van der Waals surface area (Å²) in [5.74, 6) is 5.70. The van der Waals surface area contributed by atoms with E-state index in [9.17, 15) is 4.79 Å². The SMILES string of the molecule is CC#Cc1ccc2cc(C=O)ccc2n1. The van der Waals surface area contributed by atoms with E-state index < -0.39 is 0 Å². The maximum atomic E-state index is 10.6. The fourth-order valence-electron chi connectivity index (χ4n) is 1.42. The van der Waals surface area contributed by atoms with Crippen LogP contribution >= 0.6 is 0 Å².